The zero-order chi connectivity index (χ0) is 34.6. The summed E-state index contributed by atoms with van der Waals surface area (Å²) >= 11 is 0. The number of nitrogens with zero attached hydrogens (tertiary/aromatic N) is 1. The van der Waals surface area contributed by atoms with Gasteiger partial charge < -0.3 is 35.3 Å². The molecule has 2 saturated heterocycles. The standard InChI is InChI=1S/C32H39F3N4O8S/c1-19(2)15-39(48(43,44)21-8-9-25-23(13-21)24(29(41)37-25)14-36-18-32(33,34)35)16-27(40)26(12-20-6-4-3-5-7-20)38-31(42)47-28-17-46-30-22(28)10-11-45-30/h3-9,13-14,19,22,26-28,30,36,40H,10-12,15-18H2,1-2H3,(H,37,41)(H,38,42)/b24-14-. The molecule has 0 aliphatic carbocycles. The molecule has 2 amide bonds. The molecule has 48 heavy (non-hydrogen) atoms. The number of halogens is 3. The molecule has 5 unspecified atom stereocenters. The maximum atomic E-state index is 14.1. The van der Waals surface area contributed by atoms with Gasteiger partial charge in [0.25, 0.3) is 5.91 Å². The van der Waals surface area contributed by atoms with Crippen LogP contribution >= 0.6 is 0 Å². The molecule has 0 bridgehead atoms. The second kappa shape index (κ2) is 14.8. The monoisotopic (exact) mass is 696 g/mol. The van der Waals surface area contributed by atoms with Gasteiger partial charge in [-0.1, -0.05) is 44.2 Å². The molecule has 2 fully saturated rings. The van der Waals surface area contributed by atoms with Crippen molar-refractivity contribution < 1.29 is 50.5 Å². The van der Waals surface area contributed by atoms with Crippen LogP contribution < -0.4 is 16.0 Å². The van der Waals surface area contributed by atoms with Crippen LogP contribution in [-0.2, 0) is 35.4 Å². The van der Waals surface area contributed by atoms with E-state index in [-0.39, 0.29) is 53.1 Å². The predicted molar refractivity (Wildman–Crippen MR) is 168 cm³/mol. The van der Waals surface area contributed by atoms with Gasteiger partial charge in [-0.05, 0) is 42.5 Å². The topological polar surface area (TPSA) is 156 Å². The number of aliphatic hydroxyl groups is 1. The maximum absolute atomic E-state index is 14.1. The van der Waals surface area contributed by atoms with Gasteiger partial charge >= 0.3 is 12.3 Å². The normalized spacial score (nSPS) is 22.8. The first-order valence-corrected chi connectivity index (χ1v) is 17.0. The summed E-state index contributed by atoms with van der Waals surface area (Å²) in [6.45, 7) is 2.47. The lowest BCUT2D eigenvalue weighted by atomic mass is 10.0. The van der Waals surface area contributed by atoms with Crippen LogP contribution in [0.4, 0.5) is 23.7 Å². The number of nitrogens with one attached hydrogen (secondary N) is 3. The molecular formula is C32H39F3N4O8S. The fourth-order valence-electron chi connectivity index (χ4n) is 5.92. The molecule has 262 valence electrons. The van der Waals surface area contributed by atoms with Crippen LogP contribution in [0, 0.1) is 11.8 Å². The van der Waals surface area contributed by atoms with Crippen LogP contribution in [0.25, 0.3) is 5.57 Å². The molecule has 3 aliphatic heterocycles. The Morgan fingerprint density at radius 1 is 1.17 bits per heavy atom. The number of carbonyl (C=O) groups excluding carboxylic acids is 2. The largest absolute Gasteiger partial charge is 0.443 e. The van der Waals surface area contributed by atoms with Gasteiger partial charge in [0.05, 0.1) is 41.7 Å². The highest BCUT2D eigenvalue weighted by Gasteiger charge is 2.44. The third-order valence-corrected chi connectivity index (χ3v) is 10.1. The number of fused-ring (bicyclic) bond motifs is 2. The number of aliphatic hydroxyl groups excluding tert-OH is 1. The van der Waals surface area contributed by atoms with Gasteiger partial charge in [-0.15, -0.1) is 0 Å². The average molecular weight is 697 g/mol. The lowest BCUT2D eigenvalue weighted by Gasteiger charge is -2.31. The zero-order valence-corrected chi connectivity index (χ0v) is 27.2. The number of anilines is 1. The van der Waals surface area contributed by atoms with Crippen molar-refractivity contribution in [2.24, 2.45) is 11.8 Å². The smallest absolute Gasteiger partial charge is 0.407 e. The number of ether oxygens (including phenoxy) is 3. The summed E-state index contributed by atoms with van der Waals surface area (Å²) in [6, 6.07) is 11.9. The highest BCUT2D eigenvalue weighted by atomic mass is 32.2. The molecule has 2 aromatic rings. The quantitative estimate of drug-likeness (QED) is 0.231. The number of hydrogen-bond donors (Lipinski definition) is 4. The molecule has 0 radical (unpaired) electrons. The van der Waals surface area contributed by atoms with Crippen LogP contribution in [0.5, 0.6) is 0 Å². The fourth-order valence-corrected chi connectivity index (χ4v) is 7.57. The highest BCUT2D eigenvalue weighted by molar-refractivity contribution is 7.89. The Labute approximate surface area is 276 Å². The summed E-state index contributed by atoms with van der Waals surface area (Å²) in [6.07, 6.45) is -5.94. The van der Waals surface area contributed by atoms with E-state index in [2.05, 4.69) is 16.0 Å². The SMILES string of the molecule is CC(C)CN(CC(O)C(Cc1ccccc1)NC(=O)OC1COC2OCCC12)S(=O)(=O)c1ccc2c(c1)/C(=C/NCC(F)(F)F)C(=O)N2. The lowest BCUT2D eigenvalue weighted by molar-refractivity contribution is -0.123. The number of alkyl halides is 3. The molecule has 2 aromatic carbocycles. The summed E-state index contributed by atoms with van der Waals surface area (Å²) in [7, 11) is -4.33. The van der Waals surface area contributed by atoms with Crippen molar-refractivity contribution in [1.82, 2.24) is 14.9 Å². The van der Waals surface area contributed by atoms with Crippen LogP contribution in [0.2, 0.25) is 0 Å². The van der Waals surface area contributed by atoms with Crippen molar-refractivity contribution in [3.8, 4) is 0 Å². The Morgan fingerprint density at radius 2 is 1.92 bits per heavy atom. The van der Waals surface area contributed by atoms with Crippen molar-refractivity contribution in [3.63, 3.8) is 0 Å². The van der Waals surface area contributed by atoms with Gasteiger partial charge in [0.1, 0.15) is 12.6 Å². The third-order valence-electron chi connectivity index (χ3n) is 8.23. The number of alkyl carbamates (subject to hydrolysis) is 1. The van der Waals surface area contributed by atoms with Gasteiger partial charge in [0.15, 0.2) is 6.29 Å². The first-order valence-electron chi connectivity index (χ1n) is 15.6. The van der Waals surface area contributed by atoms with Crippen LogP contribution in [0.1, 0.15) is 31.4 Å². The fraction of sp³-hybridized carbons (Fsp3) is 0.500. The van der Waals surface area contributed by atoms with Crippen LogP contribution in [-0.4, -0.2) is 93.4 Å². The first-order chi connectivity index (χ1) is 22.7. The molecule has 5 atom stereocenters. The van der Waals surface area contributed by atoms with E-state index < -0.39 is 65.8 Å². The molecule has 0 spiro atoms. The minimum atomic E-state index is -4.53. The molecule has 0 saturated carbocycles. The van der Waals surface area contributed by atoms with Crippen LogP contribution in [0.3, 0.4) is 0 Å². The molecule has 0 aromatic heterocycles. The minimum Gasteiger partial charge on any atom is -0.443 e. The van der Waals surface area contributed by atoms with Gasteiger partial charge in [-0.2, -0.15) is 17.5 Å². The van der Waals surface area contributed by atoms with Crippen molar-refractivity contribution in [2.75, 3.05) is 38.2 Å². The number of rotatable bonds is 13. The van der Waals surface area contributed by atoms with E-state index in [1.54, 1.807) is 26.0 Å². The average Bonchev–Trinajstić information content (AvgIpc) is 3.72. The van der Waals surface area contributed by atoms with Gasteiger partial charge in [0.2, 0.25) is 10.0 Å². The summed E-state index contributed by atoms with van der Waals surface area (Å²) in [5.74, 6) is -0.972. The number of sulfonamides is 1. The molecular weight excluding hydrogens is 657 g/mol. The van der Waals surface area contributed by atoms with Crippen molar-refractivity contribution in [2.45, 2.75) is 62.3 Å². The first kappa shape index (κ1) is 35.6. The predicted octanol–water partition coefficient (Wildman–Crippen LogP) is 3.24. The van der Waals surface area contributed by atoms with Gasteiger partial charge in [0, 0.05) is 30.5 Å². The summed E-state index contributed by atoms with van der Waals surface area (Å²) in [5.41, 5.74) is 0.972. The summed E-state index contributed by atoms with van der Waals surface area (Å²) in [5, 5.41) is 18.8. The lowest BCUT2D eigenvalue weighted by Crippen LogP contribution is -2.51. The number of amides is 2. The highest BCUT2D eigenvalue weighted by Crippen LogP contribution is 2.35. The van der Waals surface area contributed by atoms with E-state index in [1.165, 1.54) is 18.2 Å². The molecule has 4 N–H and O–H groups in total. The van der Waals surface area contributed by atoms with E-state index in [4.69, 9.17) is 14.2 Å². The summed E-state index contributed by atoms with van der Waals surface area (Å²) < 4.78 is 84.0. The van der Waals surface area contributed by atoms with Crippen molar-refractivity contribution in [3.05, 3.63) is 65.9 Å². The molecule has 3 aliphatic rings. The Morgan fingerprint density at radius 3 is 2.62 bits per heavy atom. The van der Waals surface area contributed by atoms with E-state index in [0.29, 0.717) is 13.0 Å². The number of hydrogen-bond acceptors (Lipinski definition) is 9. The molecule has 5 rings (SSSR count). The maximum Gasteiger partial charge on any atom is 0.407 e. The van der Waals surface area contributed by atoms with E-state index in [0.717, 1.165) is 16.1 Å². The second-order valence-corrected chi connectivity index (χ2v) is 14.3. The van der Waals surface area contributed by atoms with Crippen LogP contribution in [0.15, 0.2) is 59.6 Å². The minimum absolute atomic E-state index is 0.00548. The molecule has 16 heteroatoms. The summed E-state index contributed by atoms with van der Waals surface area (Å²) in [4.78, 5) is 25.4. The van der Waals surface area contributed by atoms with E-state index in [9.17, 15) is 36.3 Å². The Balaban J connectivity index is 1.36. The second-order valence-electron chi connectivity index (χ2n) is 12.4. The molecule has 3 heterocycles. The van der Waals surface area contributed by atoms with Gasteiger partial charge in [-0.25, -0.2) is 13.2 Å². The Bertz CT molecular complexity index is 1610. The zero-order valence-electron chi connectivity index (χ0n) is 26.4. The third kappa shape index (κ3) is 8.66. The number of carbonyl (C=O) groups is 2. The Kier molecular flexibility index (Phi) is 11.0. The van der Waals surface area contributed by atoms with Gasteiger partial charge in [-0.3, -0.25) is 4.79 Å². The molecule has 12 nitrogen and oxygen atoms in total. The van der Waals surface area contributed by atoms with E-state index in [1.807, 2.05) is 18.2 Å². The van der Waals surface area contributed by atoms with E-state index >= 15 is 0 Å². The number of benzene rings is 2. The van der Waals surface area contributed by atoms with Crippen molar-refractivity contribution in [1.29, 1.82) is 0 Å². The Hall–Kier alpha value is -3.70. The van der Waals surface area contributed by atoms with Crippen molar-refractivity contribution >= 4 is 33.3 Å².